The molecule has 1 fully saturated rings. The lowest BCUT2D eigenvalue weighted by Gasteiger charge is -2.31. The summed E-state index contributed by atoms with van der Waals surface area (Å²) in [7, 11) is 1.59. The van der Waals surface area contributed by atoms with Crippen LogP contribution in [0.25, 0.3) is 0 Å². The van der Waals surface area contributed by atoms with Gasteiger partial charge in [-0.25, -0.2) is 9.18 Å². The van der Waals surface area contributed by atoms with Crippen LogP contribution < -0.4 is 0 Å². The number of benzene rings is 1. The number of likely N-dealkylation sites (tertiary alicyclic amines) is 1. The van der Waals surface area contributed by atoms with E-state index in [0.717, 1.165) is 0 Å². The maximum atomic E-state index is 13.4. The average Bonchev–Trinajstić information content (AvgIpc) is 2.78. The molecule has 2 rings (SSSR count). The van der Waals surface area contributed by atoms with Crippen molar-refractivity contribution in [1.82, 2.24) is 4.90 Å². The van der Waals surface area contributed by atoms with Crippen LogP contribution in [-0.2, 0) is 4.74 Å². The van der Waals surface area contributed by atoms with Gasteiger partial charge >= 0.3 is 6.09 Å². The lowest BCUT2D eigenvalue weighted by atomic mass is 9.99. The second-order valence-corrected chi connectivity index (χ2v) is 5.51. The molecule has 1 aromatic carbocycles. The quantitative estimate of drug-likeness (QED) is 0.925. The number of carboxylic acid groups (broad SMARTS) is 1. The van der Waals surface area contributed by atoms with Gasteiger partial charge in [0.05, 0.1) is 18.2 Å². The molecule has 0 radical (unpaired) electrons. The van der Waals surface area contributed by atoms with E-state index < -0.39 is 6.09 Å². The molecule has 4 nitrogen and oxygen atoms in total. The first-order valence-electron chi connectivity index (χ1n) is 6.75. The van der Waals surface area contributed by atoms with E-state index in [4.69, 9.17) is 4.74 Å². The maximum Gasteiger partial charge on any atom is 0.408 e. The molecule has 0 bridgehead atoms. The molecule has 0 aliphatic carbocycles. The molecule has 0 saturated carbocycles. The number of amides is 1. The van der Waals surface area contributed by atoms with Crippen LogP contribution in [0.3, 0.4) is 0 Å². The number of rotatable bonds is 3. The third-order valence-electron chi connectivity index (χ3n) is 3.93. The summed E-state index contributed by atoms with van der Waals surface area (Å²) in [4.78, 5) is 13.0. The molecule has 5 heteroatoms. The Labute approximate surface area is 118 Å². The van der Waals surface area contributed by atoms with Crippen molar-refractivity contribution >= 4 is 6.09 Å². The lowest BCUT2D eigenvalue weighted by molar-refractivity contribution is 0.0431. The zero-order valence-electron chi connectivity index (χ0n) is 11.9. The van der Waals surface area contributed by atoms with Gasteiger partial charge in [0, 0.05) is 13.5 Å². The van der Waals surface area contributed by atoms with Crippen LogP contribution in [0, 0.1) is 11.7 Å². The zero-order chi connectivity index (χ0) is 14.9. The molecule has 1 N–H and O–H groups in total. The van der Waals surface area contributed by atoms with Gasteiger partial charge in [-0.2, -0.15) is 0 Å². The minimum Gasteiger partial charge on any atom is -0.465 e. The Morgan fingerprint density at radius 2 is 2.20 bits per heavy atom. The Kier molecular flexibility index (Phi) is 4.28. The second kappa shape index (κ2) is 5.79. The van der Waals surface area contributed by atoms with Gasteiger partial charge in [0.2, 0.25) is 0 Å². The Hall–Kier alpha value is -1.62. The highest BCUT2D eigenvalue weighted by Gasteiger charge is 2.46. The Morgan fingerprint density at radius 3 is 2.70 bits per heavy atom. The number of hydrogen-bond acceptors (Lipinski definition) is 2. The van der Waals surface area contributed by atoms with Crippen LogP contribution in [0.4, 0.5) is 9.18 Å². The van der Waals surface area contributed by atoms with Crippen molar-refractivity contribution in [2.75, 3.05) is 7.11 Å². The molecule has 20 heavy (non-hydrogen) atoms. The first-order chi connectivity index (χ1) is 9.45. The maximum absolute atomic E-state index is 13.4. The Bertz CT molecular complexity index is 492. The van der Waals surface area contributed by atoms with Crippen molar-refractivity contribution in [2.45, 2.75) is 38.5 Å². The summed E-state index contributed by atoms with van der Waals surface area (Å²) in [6.07, 6.45) is -0.605. The van der Waals surface area contributed by atoms with E-state index in [1.165, 1.54) is 17.0 Å². The predicted octanol–water partition coefficient (Wildman–Crippen LogP) is 3.29. The SMILES string of the molecule is CO[C@H]1C[C@@H](c2cccc(F)c2)N(C(=O)O)[C@H]1C(C)C. The number of ether oxygens (including phenoxy) is 1. The standard InChI is InChI=1S/C15H20FNO3/c1-9(2)14-13(20-3)8-12(17(14)15(18)19)10-5-4-6-11(16)7-10/h4-7,9,12-14H,8H2,1-3H3,(H,18,19)/t12-,13-,14-/m0/s1. The van der Waals surface area contributed by atoms with Crippen LogP contribution >= 0.6 is 0 Å². The highest BCUT2D eigenvalue weighted by atomic mass is 19.1. The number of methoxy groups -OCH3 is 1. The molecule has 0 aromatic heterocycles. The summed E-state index contributed by atoms with van der Waals surface area (Å²) >= 11 is 0. The first-order valence-corrected chi connectivity index (χ1v) is 6.75. The van der Waals surface area contributed by atoms with Gasteiger partial charge < -0.3 is 9.84 Å². The molecule has 1 aliphatic rings. The summed E-state index contributed by atoms with van der Waals surface area (Å²) in [6, 6.07) is 5.55. The molecule has 1 heterocycles. The molecule has 1 aliphatic heterocycles. The van der Waals surface area contributed by atoms with Crippen molar-refractivity contribution < 1.29 is 19.0 Å². The highest BCUT2D eigenvalue weighted by molar-refractivity contribution is 5.67. The van der Waals surface area contributed by atoms with Gasteiger partial charge in [-0.1, -0.05) is 26.0 Å². The van der Waals surface area contributed by atoms with Gasteiger partial charge in [-0.05, 0) is 23.6 Å². The van der Waals surface area contributed by atoms with Crippen LogP contribution in [0.5, 0.6) is 0 Å². The molecular weight excluding hydrogens is 261 g/mol. The molecule has 1 aromatic rings. The van der Waals surface area contributed by atoms with Crippen molar-refractivity contribution in [3.63, 3.8) is 0 Å². The predicted molar refractivity (Wildman–Crippen MR) is 73.0 cm³/mol. The van der Waals surface area contributed by atoms with Gasteiger partial charge in [0.25, 0.3) is 0 Å². The van der Waals surface area contributed by atoms with E-state index in [1.807, 2.05) is 13.8 Å². The number of carbonyl (C=O) groups is 1. The molecule has 1 amide bonds. The summed E-state index contributed by atoms with van der Waals surface area (Å²) in [5.41, 5.74) is 0.678. The molecule has 110 valence electrons. The van der Waals surface area contributed by atoms with Crippen LogP contribution in [0.2, 0.25) is 0 Å². The van der Waals surface area contributed by atoms with Gasteiger partial charge in [-0.15, -0.1) is 0 Å². The summed E-state index contributed by atoms with van der Waals surface area (Å²) < 4.78 is 18.8. The van der Waals surface area contributed by atoms with Crippen molar-refractivity contribution in [1.29, 1.82) is 0 Å². The number of nitrogens with zero attached hydrogens (tertiary/aromatic N) is 1. The Morgan fingerprint density at radius 1 is 1.50 bits per heavy atom. The fraction of sp³-hybridized carbons (Fsp3) is 0.533. The van der Waals surface area contributed by atoms with Gasteiger partial charge in [0.1, 0.15) is 5.82 Å². The lowest BCUT2D eigenvalue weighted by Crippen LogP contribution is -2.43. The first kappa shape index (κ1) is 14.8. The molecule has 0 spiro atoms. The van der Waals surface area contributed by atoms with Crippen LogP contribution in [0.15, 0.2) is 24.3 Å². The van der Waals surface area contributed by atoms with E-state index in [1.54, 1.807) is 19.2 Å². The smallest absolute Gasteiger partial charge is 0.408 e. The summed E-state index contributed by atoms with van der Waals surface area (Å²) in [5.74, 6) is -0.218. The highest BCUT2D eigenvalue weighted by Crippen LogP contribution is 2.40. The van der Waals surface area contributed by atoms with E-state index in [0.29, 0.717) is 12.0 Å². The summed E-state index contributed by atoms with van der Waals surface area (Å²) in [5, 5.41) is 9.52. The van der Waals surface area contributed by atoms with E-state index in [9.17, 15) is 14.3 Å². The topological polar surface area (TPSA) is 49.8 Å². The van der Waals surface area contributed by atoms with Gasteiger partial charge in [0.15, 0.2) is 0 Å². The molecule has 1 saturated heterocycles. The third kappa shape index (κ3) is 2.63. The summed E-state index contributed by atoms with van der Waals surface area (Å²) in [6.45, 7) is 3.95. The van der Waals surface area contributed by atoms with E-state index >= 15 is 0 Å². The van der Waals surface area contributed by atoms with Crippen molar-refractivity contribution in [2.24, 2.45) is 5.92 Å². The number of halogens is 1. The average molecular weight is 281 g/mol. The molecule has 0 unspecified atom stereocenters. The van der Waals surface area contributed by atoms with Crippen molar-refractivity contribution in [3.8, 4) is 0 Å². The molecular formula is C15H20FNO3. The minimum atomic E-state index is -0.988. The van der Waals surface area contributed by atoms with E-state index in [2.05, 4.69) is 0 Å². The Balaban J connectivity index is 2.39. The van der Waals surface area contributed by atoms with Crippen LogP contribution in [0.1, 0.15) is 31.9 Å². The third-order valence-corrected chi connectivity index (χ3v) is 3.93. The zero-order valence-corrected chi connectivity index (χ0v) is 11.9. The largest absolute Gasteiger partial charge is 0.465 e. The van der Waals surface area contributed by atoms with E-state index in [-0.39, 0.29) is 29.9 Å². The number of hydrogen-bond donors (Lipinski definition) is 1. The monoisotopic (exact) mass is 281 g/mol. The second-order valence-electron chi connectivity index (χ2n) is 5.51. The fourth-order valence-corrected chi connectivity index (χ4v) is 3.12. The minimum absolute atomic E-state index is 0.134. The van der Waals surface area contributed by atoms with Crippen LogP contribution in [-0.4, -0.2) is 35.4 Å². The fourth-order valence-electron chi connectivity index (χ4n) is 3.12. The van der Waals surface area contributed by atoms with Crippen molar-refractivity contribution in [3.05, 3.63) is 35.6 Å². The van der Waals surface area contributed by atoms with Gasteiger partial charge in [-0.3, -0.25) is 4.90 Å². The molecule has 3 atom stereocenters. The normalized spacial score (nSPS) is 26.2.